The Morgan fingerprint density at radius 2 is 1.60 bits per heavy atom. The Morgan fingerprint density at radius 1 is 0.933 bits per heavy atom. The molecule has 3 nitrogen and oxygen atoms in total. The number of hydrogen-bond donors (Lipinski definition) is 1. The second-order valence-corrected chi connectivity index (χ2v) is 7.81. The van der Waals surface area contributed by atoms with Gasteiger partial charge in [0.25, 0.3) is 5.91 Å². The third kappa shape index (κ3) is 4.00. The van der Waals surface area contributed by atoms with Crippen LogP contribution in [0.3, 0.4) is 0 Å². The van der Waals surface area contributed by atoms with Crippen molar-refractivity contribution in [3.05, 3.63) is 94.5 Å². The number of thiazole rings is 1. The lowest BCUT2D eigenvalue weighted by Gasteiger charge is -2.11. The zero-order chi connectivity index (χ0) is 21.3. The van der Waals surface area contributed by atoms with Crippen molar-refractivity contribution in [3.63, 3.8) is 0 Å². The zero-order valence-corrected chi connectivity index (χ0v) is 17.2. The van der Waals surface area contributed by atoms with Crippen molar-refractivity contribution in [1.82, 2.24) is 4.98 Å². The van der Waals surface area contributed by atoms with Crippen molar-refractivity contribution in [2.45, 2.75) is 13.8 Å². The average molecular weight is 420 g/mol. The first-order valence-corrected chi connectivity index (χ1v) is 10.2. The molecule has 3 aromatic carbocycles. The van der Waals surface area contributed by atoms with Crippen LogP contribution in [0.25, 0.3) is 21.7 Å². The topological polar surface area (TPSA) is 42.0 Å². The molecule has 0 radical (unpaired) electrons. The number of nitrogens with one attached hydrogen (secondary N) is 1. The maximum Gasteiger partial charge on any atom is 0.261 e. The van der Waals surface area contributed by atoms with Gasteiger partial charge in [0.2, 0.25) is 0 Å². The number of carbonyl (C=O) groups excluding carboxylic acids is 1. The Labute approximate surface area is 177 Å². The lowest BCUT2D eigenvalue weighted by Crippen LogP contribution is -2.15. The highest BCUT2D eigenvalue weighted by atomic mass is 32.1. The fourth-order valence-electron chi connectivity index (χ4n) is 3.19. The fraction of sp³-hybridized carbons (Fsp3) is 0.0833. The standard InChI is InChI=1S/C24H18F2N2OS/c1-14-6-7-17(24-27-15(2)13-30-24)12-19(14)16-8-10-18(11-9-16)28-23(29)22-20(25)4-3-5-21(22)26/h3-13H,1-2H3,(H,28,29). The van der Waals surface area contributed by atoms with Crippen molar-refractivity contribution in [2.75, 3.05) is 5.32 Å². The van der Waals surface area contributed by atoms with E-state index in [0.29, 0.717) is 5.69 Å². The third-order valence-electron chi connectivity index (χ3n) is 4.75. The number of carbonyl (C=O) groups is 1. The van der Waals surface area contributed by atoms with Gasteiger partial charge in [0.15, 0.2) is 0 Å². The number of rotatable bonds is 4. The largest absolute Gasteiger partial charge is 0.322 e. The molecule has 0 unspecified atom stereocenters. The number of aryl methyl sites for hydroxylation is 2. The average Bonchev–Trinajstić information content (AvgIpc) is 3.15. The van der Waals surface area contributed by atoms with Crippen LogP contribution in [0.15, 0.2) is 66.0 Å². The molecule has 0 spiro atoms. The molecule has 0 saturated carbocycles. The van der Waals surface area contributed by atoms with Gasteiger partial charge in [-0.2, -0.15) is 0 Å². The molecule has 4 rings (SSSR count). The summed E-state index contributed by atoms with van der Waals surface area (Å²) < 4.78 is 27.6. The summed E-state index contributed by atoms with van der Waals surface area (Å²) >= 11 is 1.60. The Bertz CT molecular complexity index is 1210. The molecular weight excluding hydrogens is 402 g/mol. The highest BCUT2D eigenvalue weighted by molar-refractivity contribution is 7.13. The molecule has 1 heterocycles. The van der Waals surface area contributed by atoms with E-state index in [2.05, 4.69) is 28.5 Å². The minimum atomic E-state index is -0.894. The van der Waals surface area contributed by atoms with Gasteiger partial charge in [-0.1, -0.05) is 30.3 Å². The van der Waals surface area contributed by atoms with Gasteiger partial charge in [-0.05, 0) is 60.9 Å². The monoisotopic (exact) mass is 420 g/mol. The minimum absolute atomic E-state index is 0.454. The van der Waals surface area contributed by atoms with E-state index in [1.807, 2.05) is 31.4 Å². The quantitative estimate of drug-likeness (QED) is 0.403. The van der Waals surface area contributed by atoms with Crippen LogP contribution in [-0.2, 0) is 0 Å². The molecule has 0 aliphatic heterocycles. The van der Waals surface area contributed by atoms with Crippen molar-refractivity contribution >= 4 is 22.9 Å². The molecule has 1 amide bonds. The second kappa shape index (κ2) is 8.16. The maximum absolute atomic E-state index is 13.8. The van der Waals surface area contributed by atoms with E-state index in [-0.39, 0.29) is 0 Å². The highest BCUT2D eigenvalue weighted by Gasteiger charge is 2.17. The number of halogens is 2. The Balaban J connectivity index is 1.59. The van der Waals surface area contributed by atoms with Crippen molar-refractivity contribution in [2.24, 2.45) is 0 Å². The number of benzene rings is 3. The molecule has 1 N–H and O–H groups in total. The summed E-state index contributed by atoms with van der Waals surface area (Å²) in [4.78, 5) is 16.8. The van der Waals surface area contributed by atoms with E-state index in [1.54, 1.807) is 23.5 Å². The summed E-state index contributed by atoms with van der Waals surface area (Å²) in [5, 5.41) is 5.53. The second-order valence-electron chi connectivity index (χ2n) is 6.95. The summed E-state index contributed by atoms with van der Waals surface area (Å²) in [6, 6.07) is 16.7. The summed E-state index contributed by atoms with van der Waals surface area (Å²) in [7, 11) is 0. The van der Waals surface area contributed by atoms with Crippen molar-refractivity contribution < 1.29 is 13.6 Å². The van der Waals surface area contributed by atoms with Gasteiger partial charge in [-0.25, -0.2) is 13.8 Å². The van der Waals surface area contributed by atoms with Gasteiger partial charge in [0, 0.05) is 22.3 Å². The minimum Gasteiger partial charge on any atom is -0.322 e. The molecule has 4 aromatic rings. The third-order valence-corrected chi connectivity index (χ3v) is 5.76. The molecule has 6 heteroatoms. The highest BCUT2D eigenvalue weighted by Crippen LogP contribution is 2.31. The lowest BCUT2D eigenvalue weighted by atomic mass is 9.98. The molecule has 0 saturated heterocycles. The molecular formula is C24H18F2N2OS. The first-order chi connectivity index (χ1) is 14.4. The van der Waals surface area contributed by atoms with Gasteiger partial charge in [-0.15, -0.1) is 11.3 Å². The molecule has 0 atom stereocenters. The molecule has 0 bridgehead atoms. The molecule has 0 aliphatic rings. The van der Waals surface area contributed by atoms with E-state index in [9.17, 15) is 13.6 Å². The van der Waals surface area contributed by atoms with E-state index < -0.39 is 23.1 Å². The van der Waals surface area contributed by atoms with Crippen LogP contribution in [0.5, 0.6) is 0 Å². The summed E-state index contributed by atoms with van der Waals surface area (Å²) in [6.45, 7) is 4.00. The number of hydrogen-bond acceptors (Lipinski definition) is 3. The summed E-state index contributed by atoms with van der Waals surface area (Å²) in [5.41, 5.74) is 5.03. The van der Waals surface area contributed by atoms with Gasteiger partial charge in [-0.3, -0.25) is 4.79 Å². The van der Waals surface area contributed by atoms with Crippen LogP contribution >= 0.6 is 11.3 Å². The number of anilines is 1. The molecule has 30 heavy (non-hydrogen) atoms. The van der Waals surface area contributed by atoms with Crippen LogP contribution in [0.4, 0.5) is 14.5 Å². The number of amides is 1. The Kier molecular flexibility index (Phi) is 5.42. The molecule has 0 fully saturated rings. The van der Waals surface area contributed by atoms with Crippen LogP contribution < -0.4 is 5.32 Å². The molecule has 0 aliphatic carbocycles. The zero-order valence-electron chi connectivity index (χ0n) is 16.4. The van der Waals surface area contributed by atoms with Crippen LogP contribution in [0.1, 0.15) is 21.6 Å². The van der Waals surface area contributed by atoms with E-state index >= 15 is 0 Å². The predicted molar refractivity (Wildman–Crippen MR) is 117 cm³/mol. The van der Waals surface area contributed by atoms with Gasteiger partial charge >= 0.3 is 0 Å². The number of aromatic nitrogens is 1. The fourth-order valence-corrected chi connectivity index (χ4v) is 3.99. The summed E-state index contributed by atoms with van der Waals surface area (Å²) in [5.74, 6) is -2.61. The van der Waals surface area contributed by atoms with Crippen molar-refractivity contribution in [1.29, 1.82) is 0 Å². The number of nitrogens with zero attached hydrogens (tertiary/aromatic N) is 1. The van der Waals surface area contributed by atoms with Gasteiger partial charge in [0.05, 0.1) is 0 Å². The van der Waals surface area contributed by atoms with Crippen LogP contribution in [0, 0.1) is 25.5 Å². The molecule has 1 aromatic heterocycles. The first-order valence-electron chi connectivity index (χ1n) is 9.31. The van der Waals surface area contributed by atoms with Crippen LogP contribution in [-0.4, -0.2) is 10.9 Å². The predicted octanol–water partition coefficient (Wildman–Crippen LogP) is 6.62. The SMILES string of the molecule is Cc1csc(-c2ccc(C)c(-c3ccc(NC(=O)c4c(F)cccc4F)cc3)c2)n1. The van der Waals surface area contributed by atoms with Crippen molar-refractivity contribution in [3.8, 4) is 21.7 Å². The molecule has 150 valence electrons. The maximum atomic E-state index is 13.8. The lowest BCUT2D eigenvalue weighted by molar-refractivity contribution is 0.101. The van der Waals surface area contributed by atoms with Gasteiger partial charge < -0.3 is 5.32 Å². The van der Waals surface area contributed by atoms with Gasteiger partial charge in [0.1, 0.15) is 22.2 Å². The van der Waals surface area contributed by atoms with E-state index in [0.717, 1.165) is 45.1 Å². The van der Waals surface area contributed by atoms with Crippen LogP contribution in [0.2, 0.25) is 0 Å². The Hall–Kier alpha value is -3.38. The normalized spacial score (nSPS) is 10.8. The van der Waals surface area contributed by atoms with E-state index in [1.165, 1.54) is 6.07 Å². The smallest absolute Gasteiger partial charge is 0.261 e. The Morgan fingerprint density at radius 3 is 2.23 bits per heavy atom. The first kappa shape index (κ1) is 19.9. The van der Waals surface area contributed by atoms with E-state index in [4.69, 9.17) is 0 Å². The summed E-state index contributed by atoms with van der Waals surface area (Å²) in [6.07, 6.45) is 0.